The van der Waals surface area contributed by atoms with Crippen LogP contribution in [0.4, 0.5) is 0 Å². The number of rotatable bonds is 6. The van der Waals surface area contributed by atoms with E-state index in [9.17, 15) is 9.59 Å². The summed E-state index contributed by atoms with van der Waals surface area (Å²) in [6.45, 7) is 4.55. The second-order valence-corrected chi connectivity index (χ2v) is 11.8. The van der Waals surface area contributed by atoms with Crippen LogP contribution in [0.3, 0.4) is 0 Å². The number of thiophene rings is 1. The topological polar surface area (TPSA) is 62.7 Å². The molecule has 2 aromatic heterocycles. The van der Waals surface area contributed by atoms with Crippen LogP contribution in [-0.2, 0) is 16.1 Å². The Labute approximate surface area is 220 Å². The summed E-state index contributed by atoms with van der Waals surface area (Å²) in [7, 11) is 0. The van der Waals surface area contributed by atoms with Crippen molar-refractivity contribution in [2.75, 3.05) is 13.1 Å². The third kappa shape index (κ3) is 4.53. The summed E-state index contributed by atoms with van der Waals surface area (Å²) in [5.74, 6) is 0.680. The zero-order chi connectivity index (χ0) is 24.8. The number of hydrogen-bond donors (Lipinski definition) is 0. The van der Waals surface area contributed by atoms with Gasteiger partial charge in [-0.05, 0) is 62.4 Å². The SMILES string of the molecule is Cc1cc(Cl)cc(-c2ccnc3cc(CN4C(=O)CCC4=O)sc23)c1OC1CCN(C2CCC2)CC1. The van der Waals surface area contributed by atoms with Crippen LogP contribution in [-0.4, -0.2) is 51.8 Å². The number of carbonyl (C=O) groups excluding carboxylic acids is 2. The fourth-order valence-electron chi connectivity index (χ4n) is 5.60. The summed E-state index contributed by atoms with van der Waals surface area (Å²) < 4.78 is 7.71. The van der Waals surface area contributed by atoms with E-state index in [-0.39, 0.29) is 17.9 Å². The van der Waals surface area contributed by atoms with Crippen molar-refractivity contribution in [3.8, 4) is 16.9 Å². The average Bonchev–Trinajstić information content (AvgIpc) is 3.38. The number of halogens is 1. The molecule has 0 bridgehead atoms. The van der Waals surface area contributed by atoms with E-state index in [2.05, 4.69) is 16.8 Å². The highest BCUT2D eigenvalue weighted by Crippen LogP contribution is 2.42. The maximum atomic E-state index is 12.1. The first-order valence-corrected chi connectivity index (χ1v) is 14.1. The Kier molecular flexibility index (Phi) is 6.48. The van der Waals surface area contributed by atoms with Crippen molar-refractivity contribution in [3.05, 3.63) is 45.9 Å². The summed E-state index contributed by atoms with van der Waals surface area (Å²) in [5, 5.41) is 0.671. The van der Waals surface area contributed by atoms with Gasteiger partial charge in [0, 0.05) is 59.2 Å². The molecule has 2 amide bonds. The first kappa shape index (κ1) is 23.9. The van der Waals surface area contributed by atoms with Crippen molar-refractivity contribution in [3.63, 3.8) is 0 Å². The first-order chi connectivity index (χ1) is 17.5. The van der Waals surface area contributed by atoms with Gasteiger partial charge in [0.2, 0.25) is 11.8 Å². The third-order valence-electron chi connectivity index (χ3n) is 7.81. The minimum atomic E-state index is -0.102. The number of pyridine rings is 1. The van der Waals surface area contributed by atoms with Crippen LogP contribution in [0.15, 0.2) is 30.5 Å². The highest BCUT2D eigenvalue weighted by molar-refractivity contribution is 7.19. The molecule has 0 unspecified atom stereocenters. The molecule has 0 N–H and O–H groups in total. The van der Waals surface area contributed by atoms with Gasteiger partial charge in [-0.25, -0.2) is 0 Å². The fraction of sp³-hybridized carbons (Fsp3) is 0.464. The van der Waals surface area contributed by atoms with E-state index >= 15 is 0 Å². The van der Waals surface area contributed by atoms with Gasteiger partial charge in [-0.15, -0.1) is 11.3 Å². The van der Waals surface area contributed by atoms with Crippen LogP contribution < -0.4 is 4.74 Å². The second-order valence-electron chi connectivity index (χ2n) is 10.2. The molecule has 6 nitrogen and oxygen atoms in total. The van der Waals surface area contributed by atoms with Gasteiger partial charge in [-0.1, -0.05) is 18.0 Å². The predicted octanol–water partition coefficient (Wildman–Crippen LogP) is 5.97. The van der Waals surface area contributed by atoms with Gasteiger partial charge >= 0.3 is 0 Å². The van der Waals surface area contributed by atoms with E-state index in [4.69, 9.17) is 16.3 Å². The quantitative estimate of drug-likeness (QED) is 0.372. The lowest BCUT2D eigenvalue weighted by molar-refractivity contribution is -0.138. The highest BCUT2D eigenvalue weighted by atomic mass is 35.5. The minimum Gasteiger partial charge on any atom is -0.489 e. The van der Waals surface area contributed by atoms with Gasteiger partial charge in [0.1, 0.15) is 11.9 Å². The Balaban J connectivity index is 1.30. The number of likely N-dealkylation sites (tertiary alicyclic amines) is 2. The number of amides is 2. The zero-order valence-corrected chi connectivity index (χ0v) is 22.0. The van der Waals surface area contributed by atoms with Crippen LogP contribution in [0.25, 0.3) is 21.3 Å². The molecule has 1 saturated carbocycles. The molecule has 3 fully saturated rings. The maximum Gasteiger partial charge on any atom is 0.230 e. The Morgan fingerprint density at radius 2 is 1.81 bits per heavy atom. The van der Waals surface area contributed by atoms with E-state index in [0.29, 0.717) is 24.4 Å². The highest BCUT2D eigenvalue weighted by Gasteiger charge is 2.31. The van der Waals surface area contributed by atoms with Crippen molar-refractivity contribution >= 4 is 45.0 Å². The summed E-state index contributed by atoms with van der Waals surface area (Å²) in [4.78, 5) is 33.8. The number of ether oxygens (including phenoxy) is 1. The Morgan fingerprint density at radius 3 is 2.50 bits per heavy atom. The standard InChI is InChI=1S/C28H30ClN3O3S/c1-17-13-18(29)14-23(27(17)35-20-8-11-31(12-9-20)19-3-2-4-19)22-7-10-30-24-15-21(36-28(22)24)16-32-25(33)5-6-26(32)34/h7,10,13-15,19-20H,2-6,8-9,11-12,16H2,1H3. The number of hydrogen-bond acceptors (Lipinski definition) is 6. The summed E-state index contributed by atoms with van der Waals surface area (Å²) in [6, 6.07) is 8.72. The molecule has 3 aliphatic rings. The zero-order valence-electron chi connectivity index (χ0n) is 20.5. The third-order valence-corrected chi connectivity index (χ3v) is 9.17. The van der Waals surface area contributed by atoms with Crippen LogP contribution in [0.2, 0.25) is 5.02 Å². The van der Waals surface area contributed by atoms with E-state index in [1.165, 1.54) is 24.2 Å². The molecule has 8 heteroatoms. The summed E-state index contributed by atoms with van der Waals surface area (Å²) in [5.41, 5.74) is 3.86. The molecule has 188 valence electrons. The molecule has 1 aliphatic carbocycles. The molecule has 3 aromatic rings. The normalized spacial score (nSPS) is 19.9. The molecule has 2 aliphatic heterocycles. The molecule has 0 radical (unpaired) electrons. The average molecular weight is 524 g/mol. The van der Waals surface area contributed by atoms with Crippen molar-refractivity contribution in [1.82, 2.24) is 14.8 Å². The smallest absolute Gasteiger partial charge is 0.230 e. The van der Waals surface area contributed by atoms with E-state index in [1.807, 2.05) is 24.3 Å². The predicted molar refractivity (Wildman–Crippen MR) is 142 cm³/mol. The van der Waals surface area contributed by atoms with Crippen LogP contribution >= 0.6 is 22.9 Å². The molecular formula is C28H30ClN3O3S. The molecule has 2 saturated heterocycles. The lowest BCUT2D eigenvalue weighted by atomic mass is 9.89. The molecule has 4 heterocycles. The molecule has 0 spiro atoms. The molecule has 1 aromatic carbocycles. The summed E-state index contributed by atoms with van der Waals surface area (Å²) >= 11 is 8.11. The van der Waals surface area contributed by atoms with Crippen molar-refractivity contribution in [1.29, 1.82) is 0 Å². The molecule has 0 atom stereocenters. The Morgan fingerprint density at radius 1 is 1.06 bits per heavy atom. The van der Waals surface area contributed by atoms with Gasteiger partial charge in [-0.2, -0.15) is 0 Å². The van der Waals surface area contributed by atoms with E-state index in [1.54, 1.807) is 17.5 Å². The number of fused-ring (bicyclic) bond motifs is 1. The largest absolute Gasteiger partial charge is 0.489 e. The van der Waals surface area contributed by atoms with Crippen molar-refractivity contribution in [2.45, 2.75) is 70.6 Å². The van der Waals surface area contributed by atoms with Gasteiger partial charge in [0.05, 0.1) is 16.8 Å². The Hall–Kier alpha value is -2.48. The van der Waals surface area contributed by atoms with Crippen LogP contribution in [0.1, 0.15) is 55.4 Å². The van der Waals surface area contributed by atoms with Crippen LogP contribution in [0, 0.1) is 6.92 Å². The molecular weight excluding hydrogens is 494 g/mol. The maximum absolute atomic E-state index is 12.1. The lowest BCUT2D eigenvalue weighted by Gasteiger charge is -2.41. The van der Waals surface area contributed by atoms with Crippen molar-refractivity contribution in [2.24, 2.45) is 0 Å². The second kappa shape index (κ2) is 9.77. The Bertz CT molecular complexity index is 1310. The first-order valence-electron chi connectivity index (χ1n) is 12.9. The number of benzene rings is 1. The number of aryl methyl sites for hydroxylation is 1. The number of carbonyl (C=O) groups is 2. The summed E-state index contributed by atoms with van der Waals surface area (Å²) in [6.07, 6.45) is 8.70. The fourth-order valence-corrected chi connectivity index (χ4v) is 7.00. The minimum absolute atomic E-state index is 0.102. The number of imide groups is 1. The van der Waals surface area contributed by atoms with Gasteiger partial charge in [-0.3, -0.25) is 19.5 Å². The van der Waals surface area contributed by atoms with Gasteiger partial charge in [0.15, 0.2) is 0 Å². The van der Waals surface area contributed by atoms with Crippen LogP contribution in [0.5, 0.6) is 5.75 Å². The van der Waals surface area contributed by atoms with Gasteiger partial charge in [0.25, 0.3) is 0 Å². The number of aromatic nitrogens is 1. The molecule has 36 heavy (non-hydrogen) atoms. The monoisotopic (exact) mass is 523 g/mol. The van der Waals surface area contributed by atoms with Crippen molar-refractivity contribution < 1.29 is 14.3 Å². The number of piperidine rings is 1. The van der Waals surface area contributed by atoms with E-state index in [0.717, 1.165) is 69.5 Å². The molecule has 6 rings (SSSR count). The lowest BCUT2D eigenvalue weighted by Crippen LogP contribution is -2.46. The number of nitrogens with zero attached hydrogens (tertiary/aromatic N) is 3. The van der Waals surface area contributed by atoms with Gasteiger partial charge < -0.3 is 9.64 Å². The van der Waals surface area contributed by atoms with E-state index < -0.39 is 0 Å².